The van der Waals surface area contributed by atoms with E-state index in [0.717, 1.165) is 11.4 Å². The minimum atomic E-state index is -0.321. The molecule has 0 aliphatic heterocycles. The van der Waals surface area contributed by atoms with Crippen LogP contribution in [0.1, 0.15) is 12.7 Å². The van der Waals surface area contributed by atoms with Crippen molar-refractivity contribution in [1.82, 2.24) is 9.97 Å². The number of benzene rings is 2. The second-order valence-corrected chi connectivity index (χ2v) is 5.70. The van der Waals surface area contributed by atoms with Crippen LogP contribution in [0.2, 0.25) is 0 Å². The Kier molecular flexibility index (Phi) is 5.07. The lowest BCUT2D eigenvalue weighted by atomic mass is 10.2. The summed E-state index contributed by atoms with van der Waals surface area (Å²) in [5.74, 6) is 1.29. The third-order valence-corrected chi connectivity index (χ3v) is 3.41. The lowest BCUT2D eigenvalue weighted by Gasteiger charge is -2.11. The molecule has 0 spiro atoms. The van der Waals surface area contributed by atoms with Crippen LogP contribution in [0.5, 0.6) is 0 Å². The molecule has 0 radical (unpaired) electrons. The van der Waals surface area contributed by atoms with E-state index in [1.54, 1.807) is 37.3 Å². The first-order chi connectivity index (χ1) is 12.5. The normalized spacial score (nSPS) is 10.3. The summed E-state index contributed by atoms with van der Waals surface area (Å²) < 4.78 is 13.3. The van der Waals surface area contributed by atoms with Crippen LogP contribution in [0.25, 0.3) is 0 Å². The Hall–Kier alpha value is -3.48. The molecule has 0 aliphatic rings. The van der Waals surface area contributed by atoms with E-state index in [1.807, 2.05) is 12.1 Å². The maximum absolute atomic E-state index is 13.3. The van der Waals surface area contributed by atoms with Crippen molar-refractivity contribution in [3.8, 4) is 0 Å². The number of carbonyl (C=O) groups is 1. The summed E-state index contributed by atoms with van der Waals surface area (Å²) in [6, 6.07) is 15.2. The number of amides is 1. The molecule has 6 nitrogen and oxygen atoms in total. The molecule has 1 amide bonds. The molecule has 2 aromatic carbocycles. The smallest absolute Gasteiger partial charge is 0.221 e. The molecule has 1 heterocycles. The van der Waals surface area contributed by atoms with Crippen molar-refractivity contribution in [2.75, 3.05) is 16.0 Å². The summed E-state index contributed by atoms with van der Waals surface area (Å²) in [6.45, 7) is 3.24. The highest BCUT2D eigenvalue weighted by molar-refractivity contribution is 5.88. The first-order valence-corrected chi connectivity index (χ1v) is 8.01. The van der Waals surface area contributed by atoms with Crippen molar-refractivity contribution in [2.24, 2.45) is 0 Å². The van der Waals surface area contributed by atoms with Crippen LogP contribution in [0, 0.1) is 12.7 Å². The molecule has 7 heteroatoms. The van der Waals surface area contributed by atoms with Crippen LogP contribution in [0.15, 0.2) is 54.6 Å². The van der Waals surface area contributed by atoms with E-state index in [1.165, 1.54) is 19.1 Å². The fourth-order valence-electron chi connectivity index (χ4n) is 2.40. The van der Waals surface area contributed by atoms with E-state index in [-0.39, 0.29) is 11.7 Å². The van der Waals surface area contributed by atoms with Gasteiger partial charge in [0.2, 0.25) is 5.91 Å². The first-order valence-electron chi connectivity index (χ1n) is 8.01. The maximum Gasteiger partial charge on any atom is 0.221 e. The number of rotatable bonds is 5. The SMILES string of the molecule is CC(=O)Nc1ccc(Nc2cc(Nc3cccc(F)c3)nc(C)n2)cc1. The molecular weight excluding hydrogens is 333 g/mol. The van der Waals surface area contributed by atoms with E-state index >= 15 is 0 Å². The van der Waals surface area contributed by atoms with E-state index in [4.69, 9.17) is 0 Å². The topological polar surface area (TPSA) is 78.9 Å². The van der Waals surface area contributed by atoms with Crippen molar-refractivity contribution >= 4 is 34.6 Å². The highest BCUT2D eigenvalue weighted by atomic mass is 19.1. The van der Waals surface area contributed by atoms with E-state index < -0.39 is 0 Å². The Labute approximate surface area is 150 Å². The minimum absolute atomic E-state index is 0.120. The molecule has 0 saturated heterocycles. The van der Waals surface area contributed by atoms with Gasteiger partial charge in [-0.1, -0.05) is 6.07 Å². The first kappa shape index (κ1) is 17.3. The molecule has 0 atom stereocenters. The van der Waals surface area contributed by atoms with E-state index in [9.17, 15) is 9.18 Å². The third-order valence-electron chi connectivity index (χ3n) is 3.41. The van der Waals surface area contributed by atoms with Crippen molar-refractivity contribution in [2.45, 2.75) is 13.8 Å². The molecule has 0 fully saturated rings. The Morgan fingerprint density at radius 1 is 0.885 bits per heavy atom. The molecule has 3 N–H and O–H groups in total. The van der Waals surface area contributed by atoms with Crippen LogP contribution < -0.4 is 16.0 Å². The average Bonchev–Trinajstić information content (AvgIpc) is 2.56. The van der Waals surface area contributed by atoms with Gasteiger partial charge >= 0.3 is 0 Å². The molecule has 3 aromatic rings. The lowest BCUT2D eigenvalue weighted by molar-refractivity contribution is -0.114. The predicted molar refractivity (Wildman–Crippen MR) is 100 cm³/mol. The molecule has 3 rings (SSSR count). The number of nitrogens with zero attached hydrogens (tertiary/aromatic N) is 2. The van der Waals surface area contributed by atoms with Crippen molar-refractivity contribution in [3.05, 3.63) is 66.2 Å². The summed E-state index contributed by atoms with van der Waals surface area (Å²) in [5, 5.41) is 8.96. The Morgan fingerprint density at radius 3 is 2.12 bits per heavy atom. The van der Waals surface area contributed by atoms with Gasteiger partial charge in [-0.15, -0.1) is 0 Å². The minimum Gasteiger partial charge on any atom is -0.340 e. The van der Waals surface area contributed by atoms with Gasteiger partial charge in [0.25, 0.3) is 0 Å². The van der Waals surface area contributed by atoms with E-state index in [2.05, 4.69) is 25.9 Å². The number of aromatic nitrogens is 2. The molecule has 0 saturated carbocycles. The number of nitrogens with one attached hydrogen (secondary N) is 3. The van der Waals surface area contributed by atoms with Gasteiger partial charge in [0.15, 0.2) is 0 Å². The number of hydrogen-bond donors (Lipinski definition) is 3. The number of anilines is 5. The van der Waals surface area contributed by atoms with Gasteiger partial charge in [-0.3, -0.25) is 4.79 Å². The zero-order valence-corrected chi connectivity index (χ0v) is 14.4. The molecule has 132 valence electrons. The monoisotopic (exact) mass is 351 g/mol. The summed E-state index contributed by atoms with van der Waals surface area (Å²) in [5.41, 5.74) is 2.14. The Balaban J connectivity index is 1.76. The molecule has 26 heavy (non-hydrogen) atoms. The molecule has 0 unspecified atom stereocenters. The van der Waals surface area contributed by atoms with Crippen molar-refractivity contribution in [3.63, 3.8) is 0 Å². The van der Waals surface area contributed by atoms with Gasteiger partial charge in [0, 0.05) is 30.1 Å². The predicted octanol–water partition coefficient (Wildman–Crippen LogP) is 4.37. The van der Waals surface area contributed by atoms with Crippen LogP contribution in [0.4, 0.5) is 33.1 Å². The number of hydrogen-bond acceptors (Lipinski definition) is 5. The standard InChI is InChI=1S/C19H18FN5O/c1-12-21-18(24-16-8-6-15(7-9-16)23-13(2)26)11-19(22-12)25-17-5-3-4-14(20)10-17/h3-11H,1-2H3,(H,23,26)(H2,21,22,24,25). The molecule has 0 aliphatic carbocycles. The second-order valence-electron chi connectivity index (χ2n) is 5.70. The highest BCUT2D eigenvalue weighted by Gasteiger charge is 2.04. The Bertz CT molecular complexity index is 927. The summed E-state index contributed by atoms with van der Waals surface area (Å²) >= 11 is 0. The van der Waals surface area contributed by atoms with Gasteiger partial charge < -0.3 is 16.0 Å². The number of halogens is 1. The van der Waals surface area contributed by atoms with Crippen LogP contribution in [-0.2, 0) is 4.79 Å². The average molecular weight is 351 g/mol. The highest BCUT2D eigenvalue weighted by Crippen LogP contribution is 2.22. The largest absolute Gasteiger partial charge is 0.340 e. The van der Waals surface area contributed by atoms with Crippen molar-refractivity contribution < 1.29 is 9.18 Å². The number of aryl methyl sites for hydroxylation is 1. The van der Waals surface area contributed by atoms with Crippen LogP contribution in [-0.4, -0.2) is 15.9 Å². The summed E-state index contributed by atoms with van der Waals surface area (Å²) in [6.07, 6.45) is 0. The van der Waals surface area contributed by atoms with Gasteiger partial charge in [-0.25, -0.2) is 14.4 Å². The maximum atomic E-state index is 13.3. The van der Waals surface area contributed by atoms with Gasteiger partial charge in [0.05, 0.1) is 0 Å². The third kappa shape index (κ3) is 4.76. The number of carbonyl (C=O) groups excluding carboxylic acids is 1. The van der Waals surface area contributed by atoms with Crippen LogP contribution >= 0.6 is 0 Å². The van der Waals surface area contributed by atoms with Gasteiger partial charge in [-0.05, 0) is 49.4 Å². The fourth-order valence-corrected chi connectivity index (χ4v) is 2.40. The molecule has 0 bridgehead atoms. The second kappa shape index (κ2) is 7.60. The zero-order chi connectivity index (χ0) is 18.5. The quantitative estimate of drug-likeness (QED) is 0.636. The molecular formula is C19H18FN5O. The lowest BCUT2D eigenvalue weighted by Crippen LogP contribution is -2.05. The van der Waals surface area contributed by atoms with Crippen molar-refractivity contribution in [1.29, 1.82) is 0 Å². The zero-order valence-electron chi connectivity index (χ0n) is 14.4. The van der Waals surface area contributed by atoms with Crippen LogP contribution in [0.3, 0.4) is 0 Å². The Morgan fingerprint density at radius 2 is 1.50 bits per heavy atom. The summed E-state index contributed by atoms with van der Waals surface area (Å²) in [4.78, 5) is 19.7. The van der Waals surface area contributed by atoms with Gasteiger partial charge in [-0.2, -0.15) is 0 Å². The van der Waals surface area contributed by atoms with E-state index in [0.29, 0.717) is 23.1 Å². The molecule has 1 aromatic heterocycles. The van der Waals surface area contributed by atoms with Gasteiger partial charge in [0.1, 0.15) is 23.3 Å². The summed E-state index contributed by atoms with van der Waals surface area (Å²) in [7, 11) is 0. The fraction of sp³-hybridized carbons (Fsp3) is 0.105.